The highest BCUT2D eigenvalue weighted by molar-refractivity contribution is 7.13. The van der Waals surface area contributed by atoms with Gasteiger partial charge in [0.1, 0.15) is 17.9 Å². The summed E-state index contributed by atoms with van der Waals surface area (Å²) >= 11 is 1.62. The molecule has 114 valence electrons. The standard InChI is InChI=1S/C15H17N5OS/c1-10-2-4-13(21-10)15-19-12(8-22-15)6-16-11-3-5-14-17-9-18-20(14)7-11/h2,4,8-9,11,16H,3,5-7H2,1H3/t11-/m0/s1. The number of hydrogen-bond acceptors (Lipinski definition) is 6. The SMILES string of the molecule is Cc1ccc(-c2nc(CN[C@H]3CCc4ncnn4C3)cs2)o1. The number of fused-ring (bicyclic) bond motifs is 1. The van der Waals surface area contributed by atoms with E-state index in [9.17, 15) is 0 Å². The zero-order valence-corrected chi connectivity index (χ0v) is 13.1. The van der Waals surface area contributed by atoms with Crippen LogP contribution >= 0.6 is 11.3 Å². The van der Waals surface area contributed by atoms with E-state index in [4.69, 9.17) is 4.42 Å². The molecular formula is C15H17N5OS. The van der Waals surface area contributed by atoms with Gasteiger partial charge >= 0.3 is 0 Å². The first-order chi connectivity index (χ1) is 10.8. The Kier molecular flexibility index (Phi) is 3.51. The molecular weight excluding hydrogens is 298 g/mol. The number of hydrogen-bond donors (Lipinski definition) is 1. The van der Waals surface area contributed by atoms with Gasteiger partial charge in [-0.15, -0.1) is 11.3 Å². The molecule has 0 saturated heterocycles. The van der Waals surface area contributed by atoms with Gasteiger partial charge in [-0.1, -0.05) is 0 Å². The van der Waals surface area contributed by atoms with Crippen molar-refractivity contribution < 1.29 is 4.42 Å². The molecule has 1 N–H and O–H groups in total. The number of aromatic nitrogens is 4. The molecule has 6 nitrogen and oxygen atoms in total. The Morgan fingerprint density at radius 3 is 3.27 bits per heavy atom. The summed E-state index contributed by atoms with van der Waals surface area (Å²) in [5.41, 5.74) is 1.05. The van der Waals surface area contributed by atoms with Crippen LogP contribution in [0.5, 0.6) is 0 Å². The second-order valence-electron chi connectivity index (χ2n) is 5.53. The minimum absolute atomic E-state index is 0.421. The normalized spacial score (nSPS) is 17.6. The lowest BCUT2D eigenvalue weighted by Gasteiger charge is -2.23. The highest BCUT2D eigenvalue weighted by Crippen LogP contribution is 2.25. The Hall–Kier alpha value is -1.99. The topological polar surface area (TPSA) is 68.8 Å². The molecule has 1 atom stereocenters. The average Bonchev–Trinajstić information content (AvgIpc) is 3.24. The van der Waals surface area contributed by atoms with Crippen molar-refractivity contribution in [2.45, 2.75) is 38.9 Å². The zero-order valence-electron chi connectivity index (χ0n) is 12.3. The van der Waals surface area contributed by atoms with Crippen molar-refractivity contribution in [2.24, 2.45) is 0 Å². The third kappa shape index (κ3) is 2.69. The van der Waals surface area contributed by atoms with Gasteiger partial charge in [-0.3, -0.25) is 0 Å². The van der Waals surface area contributed by atoms with Gasteiger partial charge in [0.15, 0.2) is 10.8 Å². The lowest BCUT2D eigenvalue weighted by atomic mass is 10.1. The van der Waals surface area contributed by atoms with Crippen molar-refractivity contribution in [1.29, 1.82) is 0 Å². The third-order valence-corrected chi connectivity index (χ3v) is 4.79. The van der Waals surface area contributed by atoms with E-state index in [0.29, 0.717) is 6.04 Å². The Morgan fingerprint density at radius 2 is 2.41 bits per heavy atom. The first-order valence-electron chi connectivity index (χ1n) is 7.39. The first-order valence-corrected chi connectivity index (χ1v) is 8.27. The van der Waals surface area contributed by atoms with Crippen LogP contribution < -0.4 is 5.32 Å². The molecule has 7 heteroatoms. The minimum atomic E-state index is 0.421. The minimum Gasteiger partial charge on any atom is -0.459 e. The van der Waals surface area contributed by atoms with E-state index in [-0.39, 0.29) is 0 Å². The van der Waals surface area contributed by atoms with E-state index >= 15 is 0 Å². The number of nitrogens with zero attached hydrogens (tertiary/aromatic N) is 4. The second-order valence-corrected chi connectivity index (χ2v) is 6.39. The lowest BCUT2D eigenvalue weighted by Crippen LogP contribution is -2.37. The highest BCUT2D eigenvalue weighted by atomic mass is 32.1. The van der Waals surface area contributed by atoms with Gasteiger partial charge in [-0.05, 0) is 25.5 Å². The molecule has 0 radical (unpaired) electrons. The van der Waals surface area contributed by atoms with Crippen LogP contribution in [0, 0.1) is 6.92 Å². The van der Waals surface area contributed by atoms with Crippen LogP contribution in [0.1, 0.15) is 23.7 Å². The van der Waals surface area contributed by atoms with Gasteiger partial charge in [0.25, 0.3) is 0 Å². The molecule has 0 bridgehead atoms. The molecule has 0 aromatic carbocycles. The summed E-state index contributed by atoms with van der Waals surface area (Å²) in [7, 11) is 0. The molecule has 4 heterocycles. The maximum Gasteiger partial charge on any atom is 0.162 e. The van der Waals surface area contributed by atoms with Gasteiger partial charge in [-0.25, -0.2) is 14.6 Å². The summed E-state index contributed by atoms with van der Waals surface area (Å²) < 4.78 is 7.60. The predicted molar refractivity (Wildman–Crippen MR) is 83.5 cm³/mol. The summed E-state index contributed by atoms with van der Waals surface area (Å²) in [6, 6.07) is 4.36. The van der Waals surface area contributed by atoms with E-state index in [0.717, 1.165) is 54.0 Å². The van der Waals surface area contributed by atoms with Crippen molar-refractivity contribution in [3.63, 3.8) is 0 Å². The van der Waals surface area contributed by atoms with Gasteiger partial charge in [0, 0.05) is 24.4 Å². The molecule has 1 aliphatic heterocycles. The molecule has 4 rings (SSSR count). The smallest absolute Gasteiger partial charge is 0.162 e. The molecule has 0 aliphatic carbocycles. The molecule has 0 fully saturated rings. The average molecular weight is 315 g/mol. The van der Waals surface area contributed by atoms with Crippen LogP contribution in [0.4, 0.5) is 0 Å². The molecule has 0 saturated carbocycles. The molecule has 3 aromatic rings. The van der Waals surface area contributed by atoms with Crippen LogP contribution in [-0.2, 0) is 19.5 Å². The van der Waals surface area contributed by atoms with E-state index in [1.807, 2.05) is 23.7 Å². The lowest BCUT2D eigenvalue weighted by molar-refractivity contribution is 0.357. The number of furan rings is 1. The van der Waals surface area contributed by atoms with E-state index in [1.54, 1.807) is 17.7 Å². The summed E-state index contributed by atoms with van der Waals surface area (Å²) in [5.74, 6) is 2.84. The monoisotopic (exact) mass is 315 g/mol. The zero-order chi connectivity index (χ0) is 14.9. The Balaban J connectivity index is 1.38. The van der Waals surface area contributed by atoms with Crippen molar-refractivity contribution in [3.05, 3.63) is 41.1 Å². The molecule has 22 heavy (non-hydrogen) atoms. The summed E-state index contributed by atoms with van der Waals surface area (Å²) in [4.78, 5) is 8.89. The number of nitrogens with one attached hydrogen (secondary N) is 1. The van der Waals surface area contributed by atoms with Crippen LogP contribution in [0.3, 0.4) is 0 Å². The van der Waals surface area contributed by atoms with Crippen LogP contribution in [-0.4, -0.2) is 25.8 Å². The summed E-state index contributed by atoms with van der Waals surface area (Å²) in [5, 5.41) is 10.8. The number of aryl methyl sites for hydroxylation is 2. The van der Waals surface area contributed by atoms with Crippen molar-refractivity contribution in [1.82, 2.24) is 25.1 Å². The molecule has 0 spiro atoms. The molecule has 1 aliphatic rings. The fourth-order valence-corrected chi connectivity index (χ4v) is 3.48. The van der Waals surface area contributed by atoms with E-state index < -0.39 is 0 Å². The fourth-order valence-electron chi connectivity index (χ4n) is 2.70. The molecule has 0 unspecified atom stereocenters. The van der Waals surface area contributed by atoms with Gasteiger partial charge < -0.3 is 9.73 Å². The Morgan fingerprint density at radius 1 is 1.45 bits per heavy atom. The van der Waals surface area contributed by atoms with Crippen molar-refractivity contribution >= 4 is 11.3 Å². The van der Waals surface area contributed by atoms with E-state index in [1.165, 1.54) is 0 Å². The molecule has 0 amide bonds. The van der Waals surface area contributed by atoms with Crippen LogP contribution in [0.25, 0.3) is 10.8 Å². The van der Waals surface area contributed by atoms with E-state index in [2.05, 4.69) is 25.8 Å². The number of rotatable bonds is 4. The predicted octanol–water partition coefficient (Wildman–Crippen LogP) is 2.41. The Labute approximate surface area is 132 Å². The highest BCUT2D eigenvalue weighted by Gasteiger charge is 2.19. The Bertz CT molecular complexity index is 774. The summed E-state index contributed by atoms with van der Waals surface area (Å²) in [6.45, 7) is 3.59. The summed E-state index contributed by atoms with van der Waals surface area (Å²) in [6.07, 6.45) is 3.70. The van der Waals surface area contributed by atoms with Crippen molar-refractivity contribution in [2.75, 3.05) is 0 Å². The third-order valence-electron chi connectivity index (χ3n) is 3.88. The number of thiazole rings is 1. The van der Waals surface area contributed by atoms with Gasteiger partial charge in [0.05, 0.1) is 12.2 Å². The maximum absolute atomic E-state index is 5.62. The van der Waals surface area contributed by atoms with Crippen molar-refractivity contribution in [3.8, 4) is 10.8 Å². The first kappa shape index (κ1) is 13.7. The fraction of sp³-hybridized carbons (Fsp3) is 0.400. The maximum atomic E-state index is 5.62. The van der Waals surface area contributed by atoms with Crippen LogP contribution in [0.2, 0.25) is 0 Å². The van der Waals surface area contributed by atoms with Gasteiger partial charge in [-0.2, -0.15) is 5.10 Å². The molecule has 3 aromatic heterocycles. The quantitative estimate of drug-likeness (QED) is 0.800. The second kappa shape index (κ2) is 5.66. The largest absolute Gasteiger partial charge is 0.459 e. The van der Waals surface area contributed by atoms with Gasteiger partial charge in [0.2, 0.25) is 0 Å². The van der Waals surface area contributed by atoms with Crippen LogP contribution in [0.15, 0.2) is 28.3 Å².